The lowest BCUT2D eigenvalue weighted by atomic mass is 10.0. The van der Waals surface area contributed by atoms with Crippen molar-refractivity contribution in [3.8, 4) is 0 Å². The summed E-state index contributed by atoms with van der Waals surface area (Å²) in [5.74, 6) is -2.64. The number of carbonyl (C=O) groups excluding carboxylic acids is 2. The van der Waals surface area contributed by atoms with Crippen LogP contribution in [-0.4, -0.2) is 37.4 Å². The molecule has 0 bridgehead atoms. The minimum Gasteiger partial charge on any atom is -0.481 e. The highest BCUT2D eigenvalue weighted by Gasteiger charge is 2.38. The van der Waals surface area contributed by atoms with E-state index >= 15 is 0 Å². The summed E-state index contributed by atoms with van der Waals surface area (Å²) < 4.78 is 17.4. The second-order valence-corrected chi connectivity index (χ2v) is 13.3. The van der Waals surface area contributed by atoms with Gasteiger partial charge >= 0.3 is 17.9 Å². The normalized spacial score (nSPS) is 12.9. The summed E-state index contributed by atoms with van der Waals surface area (Å²) in [6, 6.07) is 20.5. The molecule has 2 aromatic rings. The Morgan fingerprint density at radius 3 is 1.64 bits per heavy atom. The van der Waals surface area contributed by atoms with Gasteiger partial charge in [0.15, 0.2) is 8.32 Å². The van der Waals surface area contributed by atoms with Gasteiger partial charge in [-0.3, -0.25) is 4.79 Å². The van der Waals surface area contributed by atoms with Crippen LogP contribution in [0.5, 0.6) is 0 Å². The molecule has 0 aliphatic heterocycles. The predicted octanol–water partition coefficient (Wildman–Crippen LogP) is 5.65. The van der Waals surface area contributed by atoms with Crippen molar-refractivity contribution < 1.29 is 33.4 Å². The smallest absolute Gasteiger partial charge is 0.337 e. The first kappa shape index (κ1) is 29.0. The van der Waals surface area contributed by atoms with Gasteiger partial charge in [-0.25, -0.2) is 9.59 Å². The number of carboxylic acids is 1. The van der Waals surface area contributed by atoms with E-state index in [1.807, 2.05) is 81.4 Å². The molecule has 0 fully saturated rings. The summed E-state index contributed by atoms with van der Waals surface area (Å²) in [6.45, 7) is 7.48. The van der Waals surface area contributed by atoms with Gasteiger partial charge in [0.25, 0.3) is 0 Å². The van der Waals surface area contributed by atoms with Crippen LogP contribution < -0.4 is 0 Å². The van der Waals surface area contributed by atoms with E-state index < -0.39 is 38.8 Å². The van der Waals surface area contributed by atoms with Gasteiger partial charge in [0.1, 0.15) is 13.2 Å². The maximum atomic E-state index is 13.4. The van der Waals surface area contributed by atoms with Crippen molar-refractivity contribution in [1.82, 2.24) is 0 Å². The zero-order valence-electron chi connectivity index (χ0n) is 21.5. The van der Waals surface area contributed by atoms with Crippen molar-refractivity contribution in [2.45, 2.75) is 71.6 Å². The lowest BCUT2D eigenvalue weighted by Gasteiger charge is -2.33. The predicted molar refractivity (Wildman–Crippen MR) is 139 cm³/mol. The van der Waals surface area contributed by atoms with Crippen LogP contribution in [0.25, 0.3) is 0 Å². The lowest BCUT2D eigenvalue weighted by molar-refractivity contribution is -0.145. The number of esters is 2. The highest BCUT2D eigenvalue weighted by atomic mass is 28.4. The number of hydrogen-bond donors (Lipinski definition) is 1. The van der Waals surface area contributed by atoms with Crippen molar-refractivity contribution in [3.63, 3.8) is 0 Å². The first-order valence-electron chi connectivity index (χ1n) is 12.3. The number of hydrogen-bond acceptors (Lipinski definition) is 6. The van der Waals surface area contributed by atoms with Gasteiger partial charge in [0.05, 0.1) is 18.1 Å². The largest absolute Gasteiger partial charge is 0.481 e. The zero-order valence-corrected chi connectivity index (χ0v) is 22.5. The fraction of sp³-hybridized carbons (Fsp3) is 0.393. The monoisotopic (exact) mass is 512 g/mol. The summed E-state index contributed by atoms with van der Waals surface area (Å²) in [5, 5.41) is 9.65. The second kappa shape index (κ2) is 14.4. The van der Waals surface area contributed by atoms with Crippen LogP contribution in [0, 0.1) is 0 Å². The summed E-state index contributed by atoms with van der Waals surface area (Å²) >= 11 is 0. The number of benzene rings is 2. The van der Waals surface area contributed by atoms with Gasteiger partial charge in [0.2, 0.25) is 0 Å². The molecule has 36 heavy (non-hydrogen) atoms. The molecule has 0 unspecified atom stereocenters. The SMILES string of the molecule is CC[Si](CC)(CC)O[C@@H](CC(=O)O)/C(C(=O)OCc1ccccc1)=C(\C)C(=O)OCc1ccccc1. The van der Waals surface area contributed by atoms with E-state index in [9.17, 15) is 19.5 Å². The molecule has 2 rings (SSSR count). The molecule has 1 atom stereocenters. The van der Waals surface area contributed by atoms with Gasteiger partial charge in [-0.1, -0.05) is 81.4 Å². The maximum Gasteiger partial charge on any atom is 0.337 e. The first-order valence-corrected chi connectivity index (χ1v) is 14.8. The third-order valence-electron chi connectivity index (χ3n) is 6.36. The van der Waals surface area contributed by atoms with E-state index in [0.717, 1.165) is 29.3 Å². The number of carboxylic acid groups (broad SMARTS) is 1. The van der Waals surface area contributed by atoms with E-state index in [-0.39, 0.29) is 24.4 Å². The Labute approximate surface area is 214 Å². The molecular formula is C28H36O7Si. The van der Waals surface area contributed by atoms with Gasteiger partial charge in [-0.15, -0.1) is 0 Å². The summed E-state index contributed by atoms with van der Waals surface area (Å²) in [6.07, 6.45) is -1.59. The Hall–Kier alpha value is -3.23. The minimum atomic E-state index is -2.35. The van der Waals surface area contributed by atoms with Gasteiger partial charge in [-0.2, -0.15) is 0 Å². The standard InChI is InChI=1S/C28H36O7Si/c1-5-36(6-2,7-3)35-24(18-25(29)30)26(28(32)34-20-23-16-12-9-13-17-23)21(4)27(31)33-19-22-14-10-8-11-15-22/h8-17,24H,5-7,18-20H2,1-4H3,(H,29,30)/b26-21-/t24-/m0/s1. The Kier molecular flexibility index (Phi) is 11.6. The van der Waals surface area contributed by atoms with Gasteiger partial charge < -0.3 is 19.0 Å². The second-order valence-electron chi connectivity index (χ2n) is 8.61. The Bertz CT molecular complexity index is 1020. The van der Waals surface area contributed by atoms with Crippen LogP contribution in [0.15, 0.2) is 71.8 Å². The van der Waals surface area contributed by atoms with E-state index in [0.29, 0.717) is 0 Å². The third-order valence-corrected chi connectivity index (χ3v) is 11.0. The maximum absolute atomic E-state index is 13.4. The fourth-order valence-electron chi connectivity index (χ4n) is 3.93. The molecule has 0 aliphatic carbocycles. The molecule has 0 heterocycles. The van der Waals surface area contributed by atoms with Crippen LogP contribution in [0.1, 0.15) is 45.2 Å². The van der Waals surface area contributed by atoms with E-state index in [1.165, 1.54) is 6.92 Å². The molecule has 194 valence electrons. The number of aliphatic carboxylic acids is 1. The molecule has 2 aromatic carbocycles. The average Bonchev–Trinajstić information content (AvgIpc) is 2.90. The third kappa shape index (κ3) is 8.46. The molecule has 1 N–H and O–H groups in total. The average molecular weight is 513 g/mol. The van der Waals surface area contributed by atoms with Crippen molar-refractivity contribution in [3.05, 3.63) is 82.9 Å². The highest BCUT2D eigenvalue weighted by molar-refractivity contribution is 6.73. The van der Waals surface area contributed by atoms with E-state index in [4.69, 9.17) is 13.9 Å². The molecule has 0 radical (unpaired) electrons. The molecule has 0 saturated heterocycles. The number of rotatable bonds is 14. The molecule has 0 amide bonds. The Morgan fingerprint density at radius 1 is 0.778 bits per heavy atom. The molecular weight excluding hydrogens is 476 g/mol. The van der Waals surface area contributed by atoms with Crippen molar-refractivity contribution >= 4 is 26.2 Å². The Balaban J connectivity index is 2.42. The summed E-state index contributed by atoms with van der Waals surface area (Å²) in [4.78, 5) is 38.2. The minimum absolute atomic E-state index is 0.0125. The van der Waals surface area contributed by atoms with Crippen molar-refractivity contribution in [2.75, 3.05) is 0 Å². The molecule has 0 aromatic heterocycles. The summed E-state index contributed by atoms with van der Waals surface area (Å²) in [7, 11) is -2.35. The molecule has 0 aliphatic rings. The zero-order chi connectivity index (χ0) is 26.6. The van der Waals surface area contributed by atoms with Crippen LogP contribution >= 0.6 is 0 Å². The lowest BCUT2D eigenvalue weighted by Crippen LogP contribution is -2.43. The van der Waals surface area contributed by atoms with Gasteiger partial charge in [-0.05, 0) is 36.2 Å². The topological polar surface area (TPSA) is 99.1 Å². The van der Waals surface area contributed by atoms with E-state index in [2.05, 4.69) is 0 Å². The molecule has 7 nitrogen and oxygen atoms in total. The van der Waals surface area contributed by atoms with Gasteiger partial charge in [0, 0.05) is 5.57 Å². The summed E-state index contributed by atoms with van der Waals surface area (Å²) in [5.41, 5.74) is 1.45. The van der Waals surface area contributed by atoms with Crippen LogP contribution in [-0.2, 0) is 41.5 Å². The highest BCUT2D eigenvalue weighted by Crippen LogP contribution is 2.29. The molecule has 0 saturated carbocycles. The molecule has 8 heteroatoms. The van der Waals surface area contributed by atoms with E-state index in [1.54, 1.807) is 0 Å². The van der Waals surface area contributed by atoms with Crippen molar-refractivity contribution in [2.24, 2.45) is 0 Å². The van der Waals surface area contributed by atoms with Crippen LogP contribution in [0.3, 0.4) is 0 Å². The first-order chi connectivity index (χ1) is 17.2. The van der Waals surface area contributed by atoms with Crippen LogP contribution in [0.4, 0.5) is 0 Å². The van der Waals surface area contributed by atoms with Crippen LogP contribution in [0.2, 0.25) is 18.1 Å². The van der Waals surface area contributed by atoms with Crippen molar-refractivity contribution in [1.29, 1.82) is 0 Å². The number of carbonyl (C=O) groups is 3. The Morgan fingerprint density at radius 2 is 1.22 bits per heavy atom. The number of ether oxygens (including phenoxy) is 2. The fourth-order valence-corrected chi connectivity index (χ4v) is 6.74. The quantitative estimate of drug-likeness (QED) is 0.198. The molecule has 0 spiro atoms.